The highest BCUT2D eigenvalue weighted by atomic mass is 16.5. The summed E-state index contributed by atoms with van der Waals surface area (Å²) in [5.74, 6) is 3.05. The molecule has 1 atom stereocenters. The second kappa shape index (κ2) is 9.46. The molecule has 152 valence electrons. The Bertz CT molecular complexity index is 940. The molecule has 4 heteroatoms. The second-order valence-electron chi connectivity index (χ2n) is 7.40. The zero-order chi connectivity index (χ0) is 20.8. The molecule has 0 amide bonds. The van der Waals surface area contributed by atoms with Crippen molar-refractivity contribution in [3.8, 4) is 11.5 Å². The van der Waals surface area contributed by atoms with E-state index in [1.807, 2.05) is 48.6 Å². The van der Waals surface area contributed by atoms with E-state index in [4.69, 9.17) is 9.47 Å². The summed E-state index contributed by atoms with van der Waals surface area (Å²) in [6.07, 6.45) is 9.11. The van der Waals surface area contributed by atoms with Gasteiger partial charge in [0.25, 0.3) is 0 Å². The summed E-state index contributed by atoms with van der Waals surface area (Å²) in [6.45, 7) is 2.08. The van der Waals surface area contributed by atoms with Crippen LogP contribution in [0.4, 0.5) is 0 Å². The predicted octanol–water partition coefficient (Wildman–Crippen LogP) is 5.69. The van der Waals surface area contributed by atoms with Gasteiger partial charge in [-0.2, -0.15) is 0 Å². The smallest absolute Gasteiger partial charge is 0.186 e. The SMILES string of the molecule is COc1ccc(OC)c(CC2CC=C(O)CC2)c1C.O=C1C=Cc2ccccc21. The molecule has 0 saturated carbocycles. The van der Waals surface area contributed by atoms with E-state index in [0.717, 1.165) is 53.9 Å². The molecule has 0 saturated heterocycles. The maximum Gasteiger partial charge on any atom is 0.186 e. The fourth-order valence-electron chi connectivity index (χ4n) is 3.85. The second-order valence-corrected chi connectivity index (χ2v) is 7.40. The molecule has 1 unspecified atom stereocenters. The molecule has 29 heavy (non-hydrogen) atoms. The van der Waals surface area contributed by atoms with E-state index in [2.05, 4.69) is 6.92 Å². The van der Waals surface area contributed by atoms with Crippen molar-refractivity contribution >= 4 is 11.9 Å². The highest BCUT2D eigenvalue weighted by Crippen LogP contribution is 2.34. The first kappa shape index (κ1) is 20.7. The standard InChI is InChI=1S/C16H22O3.C9H6O/c1-11-14(10-12-4-6-13(17)7-5-12)16(19-3)9-8-15(11)18-2;10-9-6-5-7-3-1-2-4-8(7)9/h6,8-9,12,17H,4-5,7,10H2,1-3H3;1-6H. The third kappa shape index (κ3) is 4.89. The van der Waals surface area contributed by atoms with Gasteiger partial charge in [-0.1, -0.05) is 30.3 Å². The van der Waals surface area contributed by atoms with Crippen LogP contribution in [0.1, 0.15) is 46.3 Å². The summed E-state index contributed by atoms with van der Waals surface area (Å²) < 4.78 is 10.9. The molecule has 1 N–H and O–H groups in total. The van der Waals surface area contributed by atoms with Crippen LogP contribution < -0.4 is 9.47 Å². The molecule has 0 fully saturated rings. The van der Waals surface area contributed by atoms with Crippen LogP contribution in [0.25, 0.3) is 6.08 Å². The lowest BCUT2D eigenvalue weighted by Crippen LogP contribution is -2.11. The van der Waals surface area contributed by atoms with Crippen LogP contribution >= 0.6 is 0 Å². The Hall–Kier alpha value is -3.01. The van der Waals surface area contributed by atoms with Gasteiger partial charge >= 0.3 is 0 Å². The Morgan fingerprint density at radius 2 is 1.76 bits per heavy atom. The minimum atomic E-state index is 0.121. The van der Waals surface area contributed by atoms with E-state index in [1.165, 1.54) is 5.56 Å². The van der Waals surface area contributed by atoms with Gasteiger partial charge in [-0.05, 0) is 67.5 Å². The van der Waals surface area contributed by atoms with Gasteiger partial charge in [0.1, 0.15) is 11.5 Å². The van der Waals surface area contributed by atoms with E-state index in [0.29, 0.717) is 11.7 Å². The number of allylic oxidation sites excluding steroid dienone is 3. The Kier molecular flexibility index (Phi) is 6.76. The molecule has 2 aliphatic carbocycles. The zero-order valence-corrected chi connectivity index (χ0v) is 17.3. The molecule has 2 aliphatic rings. The number of hydrogen-bond donors (Lipinski definition) is 1. The van der Waals surface area contributed by atoms with E-state index in [9.17, 15) is 9.90 Å². The van der Waals surface area contributed by atoms with E-state index in [1.54, 1.807) is 20.3 Å². The Morgan fingerprint density at radius 3 is 2.41 bits per heavy atom. The van der Waals surface area contributed by atoms with E-state index in [-0.39, 0.29) is 5.78 Å². The summed E-state index contributed by atoms with van der Waals surface area (Å²) in [4.78, 5) is 11.0. The topological polar surface area (TPSA) is 55.8 Å². The normalized spacial score (nSPS) is 17.1. The number of hydrogen-bond acceptors (Lipinski definition) is 4. The van der Waals surface area contributed by atoms with Crippen LogP contribution in [-0.4, -0.2) is 25.1 Å². The zero-order valence-electron chi connectivity index (χ0n) is 17.3. The maximum absolute atomic E-state index is 11.0. The van der Waals surface area contributed by atoms with Gasteiger partial charge in [-0.3, -0.25) is 4.79 Å². The Labute approximate surface area is 172 Å². The number of ketones is 1. The molecular weight excluding hydrogens is 364 g/mol. The summed E-state index contributed by atoms with van der Waals surface area (Å²) in [7, 11) is 3.40. The number of carbonyl (C=O) groups is 1. The number of benzene rings is 2. The van der Waals surface area contributed by atoms with Gasteiger partial charge in [-0.15, -0.1) is 0 Å². The molecular formula is C25H28O4. The Balaban J connectivity index is 0.000000200. The largest absolute Gasteiger partial charge is 0.513 e. The number of fused-ring (bicyclic) bond motifs is 1. The molecule has 2 aromatic carbocycles. The van der Waals surface area contributed by atoms with Gasteiger partial charge < -0.3 is 14.6 Å². The summed E-state index contributed by atoms with van der Waals surface area (Å²) >= 11 is 0. The van der Waals surface area contributed by atoms with Gasteiger partial charge in [0, 0.05) is 17.5 Å². The van der Waals surface area contributed by atoms with Crippen LogP contribution in [0.2, 0.25) is 0 Å². The lowest BCUT2D eigenvalue weighted by Gasteiger charge is -2.22. The highest BCUT2D eigenvalue weighted by Gasteiger charge is 2.19. The van der Waals surface area contributed by atoms with Crippen molar-refractivity contribution in [1.29, 1.82) is 0 Å². The molecule has 0 aromatic heterocycles. The van der Waals surface area contributed by atoms with Crippen molar-refractivity contribution in [3.63, 3.8) is 0 Å². The maximum atomic E-state index is 11.0. The van der Waals surface area contributed by atoms with E-state index >= 15 is 0 Å². The van der Waals surface area contributed by atoms with Gasteiger partial charge in [0.15, 0.2) is 5.78 Å². The number of ether oxygens (including phenoxy) is 2. The van der Waals surface area contributed by atoms with Gasteiger partial charge in [0.05, 0.1) is 20.0 Å². The average Bonchev–Trinajstić information content (AvgIpc) is 3.13. The van der Waals surface area contributed by atoms with Crippen molar-refractivity contribution in [2.45, 2.75) is 32.6 Å². The summed E-state index contributed by atoms with van der Waals surface area (Å²) in [5.41, 5.74) is 4.23. The molecule has 0 heterocycles. The van der Waals surface area contributed by atoms with Crippen LogP contribution in [0.5, 0.6) is 11.5 Å². The lowest BCUT2D eigenvalue weighted by molar-refractivity contribution is 0.105. The molecule has 4 rings (SSSR count). The fraction of sp³-hybridized carbons (Fsp3) is 0.320. The van der Waals surface area contributed by atoms with Gasteiger partial charge in [-0.25, -0.2) is 0 Å². The molecule has 2 aromatic rings. The van der Waals surface area contributed by atoms with Crippen molar-refractivity contribution < 1.29 is 19.4 Å². The van der Waals surface area contributed by atoms with Gasteiger partial charge in [0.2, 0.25) is 0 Å². The number of carbonyl (C=O) groups excluding carboxylic acids is 1. The fourth-order valence-corrected chi connectivity index (χ4v) is 3.85. The first-order chi connectivity index (χ1) is 14.0. The van der Waals surface area contributed by atoms with Crippen molar-refractivity contribution in [1.82, 2.24) is 0 Å². The Morgan fingerprint density at radius 1 is 1.03 bits per heavy atom. The van der Waals surface area contributed by atoms with Crippen molar-refractivity contribution in [2.75, 3.05) is 14.2 Å². The molecule has 0 spiro atoms. The first-order valence-electron chi connectivity index (χ1n) is 9.93. The van der Waals surface area contributed by atoms with E-state index < -0.39 is 0 Å². The minimum Gasteiger partial charge on any atom is -0.513 e. The average molecular weight is 392 g/mol. The van der Waals surface area contributed by atoms with Crippen LogP contribution in [0.3, 0.4) is 0 Å². The third-order valence-electron chi connectivity index (χ3n) is 5.57. The molecule has 4 nitrogen and oxygen atoms in total. The monoisotopic (exact) mass is 392 g/mol. The number of aliphatic hydroxyl groups is 1. The van der Waals surface area contributed by atoms with Crippen LogP contribution in [0, 0.1) is 12.8 Å². The predicted molar refractivity (Wildman–Crippen MR) is 116 cm³/mol. The molecule has 0 radical (unpaired) electrons. The van der Waals surface area contributed by atoms with Crippen LogP contribution in [-0.2, 0) is 6.42 Å². The number of aliphatic hydroxyl groups excluding tert-OH is 1. The lowest BCUT2D eigenvalue weighted by atomic mass is 9.86. The number of rotatable bonds is 4. The summed E-state index contributed by atoms with van der Waals surface area (Å²) in [6, 6.07) is 11.5. The number of methoxy groups -OCH3 is 2. The van der Waals surface area contributed by atoms with Crippen LogP contribution in [0.15, 0.2) is 54.3 Å². The molecule has 0 bridgehead atoms. The molecule has 0 aliphatic heterocycles. The minimum absolute atomic E-state index is 0.121. The third-order valence-corrected chi connectivity index (χ3v) is 5.57. The van der Waals surface area contributed by atoms with Crippen molar-refractivity contribution in [2.24, 2.45) is 5.92 Å². The first-order valence-corrected chi connectivity index (χ1v) is 9.93. The van der Waals surface area contributed by atoms with Crippen molar-refractivity contribution in [3.05, 3.63) is 76.6 Å². The highest BCUT2D eigenvalue weighted by molar-refractivity contribution is 6.13. The summed E-state index contributed by atoms with van der Waals surface area (Å²) in [5, 5.41) is 9.45. The quantitative estimate of drug-likeness (QED) is 0.726.